The molecule has 1 saturated carbocycles. The molecule has 102 valence electrons. The molecule has 2 fully saturated rings. The molecule has 1 aliphatic carbocycles. The van der Waals surface area contributed by atoms with Crippen molar-refractivity contribution in [1.82, 2.24) is 9.88 Å². The SMILES string of the molecule is O=C(c1ccc(F)nc1)N1CCCC1C1CCCC1. The number of aromatic nitrogens is 1. The summed E-state index contributed by atoms with van der Waals surface area (Å²) in [4.78, 5) is 18.1. The number of nitrogens with zero attached hydrogens (tertiary/aromatic N) is 2. The molecular weight excluding hydrogens is 243 g/mol. The van der Waals surface area contributed by atoms with Crippen molar-refractivity contribution in [3.8, 4) is 0 Å². The first-order valence-electron chi connectivity index (χ1n) is 7.18. The van der Waals surface area contributed by atoms with E-state index in [1.54, 1.807) is 0 Å². The molecule has 0 bridgehead atoms. The maximum atomic E-state index is 12.8. The van der Waals surface area contributed by atoms with Gasteiger partial charge in [0.1, 0.15) is 0 Å². The van der Waals surface area contributed by atoms with E-state index >= 15 is 0 Å². The van der Waals surface area contributed by atoms with E-state index in [4.69, 9.17) is 0 Å². The molecule has 0 aromatic carbocycles. The highest BCUT2D eigenvalue weighted by molar-refractivity contribution is 5.94. The first-order chi connectivity index (χ1) is 9.25. The van der Waals surface area contributed by atoms with Crippen molar-refractivity contribution >= 4 is 5.91 Å². The topological polar surface area (TPSA) is 33.2 Å². The first kappa shape index (κ1) is 12.6. The fourth-order valence-electron chi connectivity index (χ4n) is 3.55. The van der Waals surface area contributed by atoms with Crippen molar-refractivity contribution < 1.29 is 9.18 Å². The summed E-state index contributed by atoms with van der Waals surface area (Å²) in [5.74, 6) is 0.145. The Morgan fingerprint density at radius 2 is 2.00 bits per heavy atom. The highest BCUT2D eigenvalue weighted by Gasteiger charge is 2.36. The Kier molecular flexibility index (Phi) is 3.49. The predicted octanol–water partition coefficient (Wildman–Crippen LogP) is 3.02. The number of rotatable bonds is 2. The van der Waals surface area contributed by atoms with Gasteiger partial charge in [0, 0.05) is 18.8 Å². The molecule has 2 aliphatic rings. The molecule has 0 N–H and O–H groups in total. The van der Waals surface area contributed by atoms with E-state index in [0.717, 1.165) is 19.4 Å². The number of likely N-dealkylation sites (tertiary alicyclic amines) is 1. The van der Waals surface area contributed by atoms with Gasteiger partial charge in [-0.2, -0.15) is 4.39 Å². The molecular formula is C15H19FN2O. The van der Waals surface area contributed by atoms with Crippen LogP contribution in [0.2, 0.25) is 0 Å². The van der Waals surface area contributed by atoms with E-state index in [9.17, 15) is 9.18 Å². The lowest BCUT2D eigenvalue weighted by atomic mass is 9.95. The number of amides is 1. The molecule has 1 aromatic rings. The second-order valence-corrected chi connectivity index (χ2v) is 5.62. The Hall–Kier alpha value is -1.45. The molecule has 1 saturated heterocycles. The van der Waals surface area contributed by atoms with Crippen LogP contribution in [0.25, 0.3) is 0 Å². The highest BCUT2D eigenvalue weighted by Crippen LogP contribution is 2.35. The van der Waals surface area contributed by atoms with E-state index in [1.807, 2.05) is 4.90 Å². The van der Waals surface area contributed by atoms with Gasteiger partial charge in [-0.15, -0.1) is 0 Å². The molecule has 0 radical (unpaired) electrons. The summed E-state index contributed by atoms with van der Waals surface area (Å²) < 4.78 is 12.8. The molecule has 1 atom stereocenters. The molecule has 3 rings (SSSR count). The zero-order valence-corrected chi connectivity index (χ0v) is 11.0. The van der Waals surface area contributed by atoms with Crippen LogP contribution in [0.5, 0.6) is 0 Å². The predicted molar refractivity (Wildman–Crippen MR) is 70.2 cm³/mol. The van der Waals surface area contributed by atoms with Gasteiger partial charge in [-0.05, 0) is 43.7 Å². The third-order valence-electron chi connectivity index (χ3n) is 4.48. The number of pyridine rings is 1. The molecule has 0 spiro atoms. The molecule has 1 aromatic heterocycles. The fraction of sp³-hybridized carbons (Fsp3) is 0.600. The van der Waals surface area contributed by atoms with Crippen LogP contribution in [0.4, 0.5) is 4.39 Å². The van der Waals surface area contributed by atoms with Crippen molar-refractivity contribution in [2.45, 2.75) is 44.6 Å². The molecule has 4 heteroatoms. The van der Waals surface area contributed by atoms with Gasteiger partial charge in [0.05, 0.1) is 5.56 Å². The van der Waals surface area contributed by atoms with Crippen LogP contribution in [0.1, 0.15) is 48.9 Å². The Bertz CT molecular complexity index is 454. The van der Waals surface area contributed by atoms with Gasteiger partial charge >= 0.3 is 0 Å². The van der Waals surface area contributed by atoms with E-state index in [1.165, 1.54) is 44.0 Å². The third-order valence-corrected chi connectivity index (χ3v) is 4.48. The number of hydrogen-bond donors (Lipinski definition) is 0. The summed E-state index contributed by atoms with van der Waals surface area (Å²) in [7, 11) is 0. The van der Waals surface area contributed by atoms with Crippen LogP contribution in [-0.2, 0) is 0 Å². The second kappa shape index (κ2) is 5.27. The molecule has 1 unspecified atom stereocenters. The van der Waals surface area contributed by atoms with Gasteiger partial charge < -0.3 is 4.90 Å². The van der Waals surface area contributed by atoms with Crippen LogP contribution in [0, 0.1) is 11.9 Å². The van der Waals surface area contributed by atoms with Crippen molar-refractivity contribution in [2.24, 2.45) is 5.92 Å². The minimum Gasteiger partial charge on any atom is -0.335 e. The third kappa shape index (κ3) is 2.48. The summed E-state index contributed by atoms with van der Waals surface area (Å²) in [6, 6.07) is 3.18. The second-order valence-electron chi connectivity index (χ2n) is 5.62. The standard InChI is InChI=1S/C15H19FN2O/c16-14-8-7-12(10-17-14)15(19)18-9-3-6-13(18)11-4-1-2-5-11/h7-8,10-11,13H,1-6,9H2. The Balaban J connectivity index is 1.76. The average molecular weight is 262 g/mol. The van der Waals surface area contributed by atoms with Crippen LogP contribution in [0.3, 0.4) is 0 Å². The zero-order chi connectivity index (χ0) is 13.2. The Morgan fingerprint density at radius 1 is 1.21 bits per heavy atom. The monoisotopic (exact) mass is 262 g/mol. The van der Waals surface area contributed by atoms with Crippen LogP contribution in [-0.4, -0.2) is 28.4 Å². The van der Waals surface area contributed by atoms with Crippen molar-refractivity contribution in [3.63, 3.8) is 0 Å². The van der Waals surface area contributed by atoms with E-state index < -0.39 is 5.95 Å². The van der Waals surface area contributed by atoms with Crippen molar-refractivity contribution in [2.75, 3.05) is 6.54 Å². The van der Waals surface area contributed by atoms with Crippen LogP contribution < -0.4 is 0 Å². The van der Waals surface area contributed by atoms with Gasteiger partial charge in [-0.25, -0.2) is 4.98 Å². The smallest absolute Gasteiger partial charge is 0.255 e. The maximum absolute atomic E-state index is 12.8. The highest BCUT2D eigenvalue weighted by atomic mass is 19.1. The van der Waals surface area contributed by atoms with E-state index in [-0.39, 0.29) is 5.91 Å². The summed E-state index contributed by atoms with van der Waals surface area (Å²) in [6.07, 6.45) is 8.63. The van der Waals surface area contributed by atoms with Crippen molar-refractivity contribution in [1.29, 1.82) is 0 Å². The summed E-state index contributed by atoms with van der Waals surface area (Å²) in [5.41, 5.74) is 0.506. The average Bonchev–Trinajstić information content (AvgIpc) is 3.09. The van der Waals surface area contributed by atoms with Gasteiger partial charge in [0.25, 0.3) is 5.91 Å². The first-order valence-corrected chi connectivity index (χ1v) is 7.18. The number of carbonyl (C=O) groups excluding carboxylic acids is 1. The van der Waals surface area contributed by atoms with Gasteiger partial charge in [0.15, 0.2) is 0 Å². The fourth-order valence-corrected chi connectivity index (χ4v) is 3.55. The lowest BCUT2D eigenvalue weighted by molar-refractivity contribution is 0.0688. The lowest BCUT2D eigenvalue weighted by Gasteiger charge is -2.29. The Labute approximate surface area is 112 Å². The lowest BCUT2D eigenvalue weighted by Crippen LogP contribution is -2.39. The van der Waals surface area contributed by atoms with Crippen LogP contribution in [0.15, 0.2) is 18.3 Å². The molecule has 3 nitrogen and oxygen atoms in total. The number of hydrogen-bond acceptors (Lipinski definition) is 2. The van der Waals surface area contributed by atoms with Crippen molar-refractivity contribution in [3.05, 3.63) is 29.8 Å². The summed E-state index contributed by atoms with van der Waals surface area (Å²) >= 11 is 0. The Morgan fingerprint density at radius 3 is 2.68 bits per heavy atom. The number of halogens is 1. The normalized spacial score (nSPS) is 24.1. The van der Waals surface area contributed by atoms with Gasteiger partial charge in [-0.1, -0.05) is 12.8 Å². The summed E-state index contributed by atoms with van der Waals surface area (Å²) in [6.45, 7) is 0.831. The largest absolute Gasteiger partial charge is 0.335 e. The van der Waals surface area contributed by atoms with E-state index in [0.29, 0.717) is 17.5 Å². The minimum absolute atomic E-state index is 0.0156. The zero-order valence-electron chi connectivity index (χ0n) is 11.0. The molecule has 2 heterocycles. The maximum Gasteiger partial charge on any atom is 0.255 e. The quantitative estimate of drug-likeness (QED) is 0.768. The minimum atomic E-state index is -0.537. The molecule has 1 aliphatic heterocycles. The van der Waals surface area contributed by atoms with Gasteiger partial charge in [0.2, 0.25) is 5.95 Å². The van der Waals surface area contributed by atoms with Crippen LogP contribution >= 0.6 is 0 Å². The molecule has 1 amide bonds. The summed E-state index contributed by atoms with van der Waals surface area (Å²) in [5, 5.41) is 0. The number of carbonyl (C=O) groups is 1. The van der Waals surface area contributed by atoms with E-state index in [2.05, 4.69) is 4.98 Å². The van der Waals surface area contributed by atoms with Gasteiger partial charge in [-0.3, -0.25) is 4.79 Å². The molecule has 19 heavy (non-hydrogen) atoms.